The van der Waals surface area contributed by atoms with Crippen molar-refractivity contribution in [2.45, 2.75) is 33.0 Å². The van der Waals surface area contributed by atoms with E-state index in [2.05, 4.69) is 0 Å². The Hall–Kier alpha value is -2.41. The molecule has 1 saturated heterocycles. The van der Waals surface area contributed by atoms with Crippen molar-refractivity contribution >= 4 is 17.8 Å². The monoisotopic (exact) mass is 376 g/mol. The number of ether oxygens (including phenoxy) is 2. The first kappa shape index (κ1) is 20.9. The van der Waals surface area contributed by atoms with Crippen molar-refractivity contribution in [3.8, 4) is 0 Å². The first-order valence-electron chi connectivity index (χ1n) is 9.19. The van der Waals surface area contributed by atoms with Gasteiger partial charge in [0.1, 0.15) is 6.61 Å². The molecule has 1 aromatic carbocycles. The van der Waals surface area contributed by atoms with Gasteiger partial charge in [0, 0.05) is 27.1 Å². The molecule has 27 heavy (non-hydrogen) atoms. The van der Waals surface area contributed by atoms with Crippen LogP contribution in [0, 0.1) is 5.92 Å². The third-order valence-corrected chi connectivity index (χ3v) is 4.56. The minimum Gasteiger partial charge on any atom is -0.460 e. The zero-order valence-electron chi connectivity index (χ0n) is 16.2. The number of amides is 1. The molecule has 2 atom stereocenters. The van der Waals surface area contributed by atoms with E-state index in [1.807, 2.05) is 35.2 Å². The summed E-state index contributed by atoms with van der Waals surface area (Å²) in [5, 5.41) is 0. The van der Waals surface area contributed by atoms with Gasteiger partial charge in [-0.05, 0) is 31.4 Å². The SMILES string of the molecule is CC(=O)O[C@@H](C)C(=O)N(C)C[C@H]1CCN(CC(=O)OCc2ccccc2)C1. The van der Waals surface area contributed by atoms with E-state index in [9.17, 15) is 14.4 Å². The van der Waals surface area contributed by atoms with Crippen LogP contribution in [0.5, 0.6) is 0 Å². The highest BCUT2D eigenvalue weighted by atomic mass is 16.5. The molecule has 1 fully saturated rings. The van der Waals surface area contributed by atoms with Crippen LogP contribution in [0.3, 0.4) is 0 Å². The molecule has 2 rings (SSSR count). The zero-order valence-corrected chi connectivity index (χ0v) is 16.2. The predicted molar refractivity (Wildman–Crippen MR) is 99.7 cm³/mol. The Bertz CT molecular complexity index is 649. The molecule has 7 heteroatoms. The standard InChI is InChI=1S/C20H28N2O5/c1-15(27-16(2)23)20(25)21(3)11-18-9-10-22(12-18)13-19(24)26-14-17-7-5-4-6-8-17/h4-8,15,18H,9-14H2,1-3H3/t15-,18+/m0/s1. The number of likely N-dealkylation sites (tertiary alicyclic amines) is 1. The molecule has 0 N–H and O–H groups in total. The molecule has 0 radical (unpaired) electrons. The van der Waals surface area contributed by atoms with Crippen LogP contribution < -0.4 is 0 Å². The maximum atomic E-state index is 12.2. The average molecular weight is 376 g/mol. The molecule has 1 aromatic rings. The van der Waals surface area contributed by atoms with Gasteiger partial charge in [-0.1, -0.05) is 30.3 Å². The van der Waals surface area contributed by atoms with Crippen LogP contribution in [0.25, 0.3) is 0 Å². The van der Waals surface area contributed by atoms with Gasteiger partial charge in [0.25, 0.3) is 5.91 Å². The highest BCUT2D eigenvalue weighted by molar-refractivity contribution is 5.82. The molecule has 1 heterocycles. The van der Waals surface area contributed by atoms with Crippen LogP contribution in [-0.2, 0) is 30.5 Å². The van der Waals surface area contributed by atoms with Crippen LogP contribution in [0.15, 0.2) is 30.3 Å². The Morgan fingerprint density at radius 2 is 1.96 bits per heavy atom. The first-order valence-corrected chi connectivity index (χ1v) is 9.19. The van der Waals surface area contributed by atoms with E-state index < -0.39 is 12.1 Å². The molecule has 148 valence electrons. The molecule has 1 aliphatic heterocycles. The number of carbonyl (C=O) groups is 3. The smallest absolute Gasteiger partial charge is 0.320 e. The number of nitrogens with zero attached hydrogens (tertiary/aromatic N) is 2. The first-order chi connectivity index (χ1) is 12.8. The van der Waals surface area contributed by atoms with Crippen molar-refractivity contribution in [3.05, 3.63) is 35.9 Å². The van der Waals surface area contributed by atoms with Gasteiger partial charge in [0.05, 0.1) is 6.54 Å². The van der Waals surface area contributed by atoms with E-state index in [4.69, 9.17) is 9.47 Å². The molecule has 0 spiro atoms. The number of esters is 2. The van der Waals surface area contributed by atoms with Crippen molar-refractivity contribution in [3.63, 3.8) is 0 Å². The Morgan fingerprint density at radius 3 is 2.63 bits per heavy atom. The molecular weight excluding hydrogens is 348 g/mol. The number of likely N-dealkylation sites (N-methyl/N-ethyl adjacent to an activating group) is 1. The third-order valence-electron chi connectivity index (χ3n) is 4.56. The van der Waals surface area contributed by atoms with Gasteiger partial charge in [-0.25, -0.2) is 0 Å². The number of benzene rings is 1. The lowest BCUT2D eigenvalue weighted by Gasteiger charge is -2.24. The van der Waals surface area contributed by atoms with Gasteiger partial charge in [0.2, 0.25) is 0 Å². The molecule has 0 saturated carbocycles. The largest absolute Gasteiger partial charge is 0.460 e. The van der Waals surface area contributed by atoms with E-state index >= 15 is 0 Å². The van der Waals surface area contributed by atoms with Crippen molar-refractivity contribution in [2.75, 3.05) is 33.2 Å². The summed E-state index contributed by atoms with van der Waals surface area (Å²) in [5.41, 5.74) is 0.965. The van der Waals surface area contributed by atoms with E-state index in [0.29, 0.717) is 6.54 Å². The zero-order chi connectivity index (χ0) is 19.8. The molecular formula is C20H28N2O5. The van der Waals surface area contributed by atoms with Crippen LogP contribution in [0.2, 0.25) is 0 Å². The van der Waals surface area contributed by atoms with Crippen molar-refractivity contribution < 1.29 is 23.9 Å². The highest BCUT2D eigenvalue weighted by Crippen LogP contribution is 2.17. The fraction of sp³-hybridized carbons (Fsp3) is 0.550. The van der Waals surface area contributed by atoms with Crippen molar-refractivity contribution in [1.29, 1.82) is 0 Å². The molecule has 0 aliphatic carbocycles. The maximum absolute atomic E-state index is 12.2. The van der Waals surface area contributed by atoms with Gasteiger partial charge in [-0.2, -0.15) is 0 Å². The summed E-state index contributed by atoms with van der Waals surface area (Å²) in [5.74, 6) is -0.644. The second-order valence-corrected chi connectivity index (χ2v) is 7.01. The van der Waals surface area contributed by atoms with E-state index in [1.165, 1.54) is 6.92 Å². The molecule has 1 aliphatic rings. The topological polar surface area (TPSA) is 76.2 Å². The number of rotatable bonds is 8. The highest BCUT2D eigenvalue weighted by Gasteiger charge is 2.28. The Labute approximate surface area is 160 Å². The normalized spacial score (nSPS) is 18.0. The Kier molecular flexibility index (Phi) is 7.79. The minimum atomic E-state index is -0.780. The van der Waals surface area contributed by atoms with E-state index in [0.717, 1.165) is 25.1 Å². The molecule has 0 bridgehead atoms. The van der Waals surface area contributed by atoms with Crippen molar-refractivity contribution in [2.24, 2.45) is 5.92 Å². The van der Waals surface area contributed by atoms with E-state index in [-0.39, 0.29) is 30.9 Å². The Balaban J connectivity index is 1.70. The summed E-state index contributed by atoms with van der Waals surface area (Å²) < 4.78 is 10.3. The van der Waals surface area contributed by atoms with Crippen LogP contribution in [-0.4, -0.2) is 67.0 Å². The summed E-state index contributed by atoms with van der Waals surface area (Å²) in [7, 11) is 1.71. The number of carbonyl (C=O) groups excluding carboxylic acids is 3. The lowest BCUT2D eigenvalue weighted by molar-refractivity contribution is -0.156. The summed E-state index contributed by atoms with van der Waals surface area (Å²) in [6.07, 6.45) is 0.129. The van der Waals surface area contributed by atoms with Gasteiger partial charge in [-0.3, -0.25) is 19.3 Å². The van der Waals surface area contributed by atoms with Crippen LogP contribution >= 0.6 is 0 Å². The maximum Gasteiger partial charge on any atom is 0.320 e. The van der Waals surface area contributed by atoms with Gasteiger partial charge in [-0.15, -0.1) is 0 Å². The van der Waals surface area contributed by atoms with Crippen LogP contribution in [0.4, 0.5) is 0 Å². The van der Waals surface area contributed by atoms with E-state index in [1.54, 1.807) is 18.9 Å². The van der Waals surface area contributed by atoms with Gasteiger partial charge < -0.3 is 14.4 Å². The molecule has 7 nitrogen and oxygen atoms in total. The summed E-state index contributed by atoms with van der Waals surface area (Å²) in [6.45, 7) is 5.50. The van der Waals surface area contributed by atoms with Crippen molar-refractivity contribution in [1.82, 2.24) is 9.80 Å². The lowest BCUT2D eigenvalue weighted by atomic mass is 10.1. The summed E-state index contributed by atoms with van der Waals surface area (Å²) in [6, 6.07) is 9.58. The van der Waals surface area contributed by atoms with Crippen LogP contribution in [0.1, 0.15) is 25.8 Å². The fourth-order valence-electron chi connectivity index (χ4n) is 3.26. The summed E-state index contributed by atoms with van der Waals surface area (Å²) in [4.78, 5) is 38.8. The Morgan fingerprint density at radius 1 is 1.26 bits per heavy atom. The third kappa shape index (κ3) is 7.02. The number of hydrogen-bond donors (Lipinski definition) is 0. The second-order valence-electron chi connectivity index (χ2n) is 7.01. The minimum absolute atomic E-state index is 0.217. The average Bonchev–Trinajstić information content (AvgIpc) is 3.06. The lowest BCUT2D eigenvalue weighted by Crippen LogP contribution is -2.40. The molecule has 0 aromatic heterocycles. The molecule has 0 unspecified atom stereocenters. The fourth-order valence-corrected chi connectivity index (χ4v) is 3.26. The van der Waals surface area contributed by atoms with Gasteiger partial charge >= 0.3 is 11.9 Å². The number of hydrogen-bond acceptors (Lipinski definition) is 6. The predicted octanol–water partition coefficient (Wildman–Crippen LogP) is 1.46. The van der Waals surface area contributed by atoms with Gasteiger partial charge in [0.15, 0.2) is 6.10 Å². The molecule has 1 amide bonds. The summed E-state index contributed by atoms with van der Waals surface area (Å²) >= 11 is 0. The quantitative estimate of drug-likeness (QED) is 0.640. The second kappa shape index (κ2) is 10.1.